The topological polar surface area (TPSA) is 105 Å². The average Bonchev–Trinajstić information content (AvgIpc) is 2.88. The van der Waals surface area contributed by atoms with Gasteiger partial charge in [-0.2, -0.15) is 0 Å². The van der Waals surface area contributed by atoms with Crippen LogP contribution in [0, 0.1) is 0 Å². The molecule has 0 fully saturated rings. The Hall–Kier alpha value is -2.22. The minimum absolute atomic E-state index is 0.0726. The van der Waals surface area contributed by atoms with E-state index in [1.165, 1.54) is 17.1 Å². The Morgan fingerprint density at radius 1 is 1.04 bits per heavy atom. The van der Waals surface area contributed by atoms with Gasteiger partial charge < -0.3 is 15.4 Å². The predicted octanol–water partition coefficient (Wildman–Crippen LogP) is 0.0883. The Labute approximate surface area is 141 Å². The van der Waals surface area contributed by atoms with E-state index < -0.39 is 0 Å². The largest absolute Gasteiger partial charge is 0.361 e. The van der Waals surface area contributed by atoms with Gasteiger partial charge in [0.05, 0.1) is 6.54 Å². The Balaban J connectivity index is 1.99. The van der Waals surface area contributed by atoms with Crippen molar-refractivity contribution < 1.29 is 23.9 Å². The quantitative estimate of drug-likeness (QED) is 0.298. The maximum absolute atomic E-state index is 11.6. The van der Waals surface area contributed by atoms with Gasteiger partial charge in [0.2, 0.25) is 11.8 Å². The number of hydrogen-bond donors (Lipinski definition) is 2. The van der Waals surface area contributed by atoms with Crippen LogP contribution in [0.1, 0.15) is 39.0 Å². The number of ether oxygens (including phenoxy) is 1. The summed E-state index contributed by atoms with van der Waals surface area (Å²) < 4.78 is 5.11. The van der Waals surface area contributed by atoms with Gasteiger partial charge in [0.1, 0.15) is 6.73 Å². The minimum atomic E-state index is -0.294. The van der Waals surface area contributed by atoms with E-state index in [1.807, 2.05) is 6.92 Å². The van der Waals surface area contributed by atoms with Crippen molar-refractivity contribution in [3.8, 4) is 0 Å². The van der Waals surface area contributed by atoms with E-state index in [2.05, 4.69) is 10.6 Å². The first kappa shape index (κ1) is 19.8. The first-order chi connectivity index (χ1) is 11.5. The summed E-state index contributed by atoms with van der Waals surface area (Å²) in [6.45, 7) is 2.99. The summed E-state index contributed by atoms with van der Waals surface area (Å²) >= 11 is 0. The summed E-state index contributed by atoms with van der Waals surface area (Å²) in [6, 6.07) is 0. The molecule has 1 aliphatic rings. The van der Waals surface area contributed by atoms with E-state index in [1.54, 1.807) is 0 Å². The summed E-state index contributed by atoms with van der Waals surface area (Å²) in [7, 11) is 0. The molecular formula is C16H25N3O5. The van der Waals surface area contributed by atoms with E-state index >= 15 is 0 Å². The van der Waals surface area contributed by atoms with E-state index in [0.717, 1.165) is 12.8 Å². The lowest BCUT2D eigenvalue weighted by atomic mass is 10.2. The molecular weight excluding hydrogens is 314 g/mol. The Bertz CT molecular complexity index is 472. The molecule has 0 aromatic heterocycles. The highest BCUT2D eigenvalue weighted by molar-refractivity contribution is 6.12. The molecule has 24 heavy (non-hydrogen) atoms. The SMILES string of the molecule is CCCOCNC(=O)CNC(=O)CCCCCN1C(=O)C=CC1=O. The van der Waals surface area contributed by atoms with Crippen LogP contribution in [0.4, 0.5) is 0 Å². The summed E-state index contributed by atoms with van der Waals surface area (Å²) in [6.07, 6.45) is 5.71. The molecule has 0 unspecified atom stereocenters. The molecule has 0 atom stereocenters. The van der Waals surface area contributed by atoms with Gasteiger partial charge in [0.15, 0.2) is 0 Å². The number of carbonyl (C=O) groups is 4. The highest BCUT2D eigenvalue weighted by Crippen LogP contribution is 2.07. The van der Waals surface area contributed by atoms with Crippen LogP contribution >= 0.6 is 0 Å². The molecule has 0 aromatic carbocycles. The molecule has 1 rings (SSSR count). The van der Waals surface area contributed by atoms with Crippen LogP contribution in [-0.4, -0.2) is 55.0 Å². The highest BCUT2D eigenvalue weighted by atomic mass is 16.5. The van der Waals surface area contributed by atoms with E-state index in [0.29, 0.717) is 32.4 Å². The molecule has 0 aliphatic carbocycles. The minimum Gasteiger partial charge on any atom is -0.361 e. The van der Waals surface area contributed by atoms with Crippen molar-refractivity contribution in [2.45, 2.75) is 39.0 Å². The third-order valence-electron chi connectivity index (χ3n) is 3.35. The van der Waals surface area contributed by atoms with Gasteiger partial charge >= 0.3 is 0 Å². The number of carbonyl (C=O) groups excluding carboxylic acids is 4. The second-order valence-corrected chi connectivity index (χ2v) is 5.40. The van der Waals surface area contributed by atoms with E-state index in [9.17, 15) is 19.2 Å². The standard InChI is InChI=1S/C16H25N3O5/c1-2-10-24-12-18-14(21)11-17-13(20)6-4-3-5-9-19-15(22)7-8-16(19)23/h7-8H,2-6,9-12H2,1H3,(H,17,20)(H,18,21). The second kappa shape index (κ2) is 11.3. The van der Waals surface area contributed by atoms with Crippen molar-refractivity contribution in [1.82, 2.24) is 15.5 Å². The summed E-state index contributed by atoms with van der Waals surface area (Å²) in [5.74, 6) is -1.06. The van der Waals surface area contributed by atoms with Crippen molar-refractivity contribution in [3.63, 3.8) is 0 Å². The molecule has 1 heterocycles. The number of imide groups is 1. The fraction of sp³-hybridized carbons (Fsp3) is 0.625. The molecule has 0 bridgehead atoms. The van der Waals surface area contributed by atoms with E-state index in [-0.39, 0.29) is 36.9 Å². The number of rotatable bonds is 12. The Kier molecular flexibility index (Phi) is 9.36. The number of nitrogens with one attached hydrogen (secondary N) is 2. The molecule has 0 saturated heterocycles. The normalized spacial score (nSPS) is 13.5. The van der Waals surface area contributed by atoms with Gasteiger partial charge in [-0.05, 0) is 19.3 Å². The monoisotopic (exact) mass is 339 g/mol. The molecule has 0 aromatic rings. The molecule has 4 amide bonds. The maximum atomic E-state index is 11.6. The third kappa shape index (κ3) is 7.87. The molecule has 134 valence electrons. The van der Waals surface area contributed by atoms with Crippen LogP contribution in [0.2, 0.25) is 0 Å². The smallest absolute Gasteiger partial charge is 0.253 e. The van der Waals surface area contributed by atoms with Crippen molar-refractivity contribution in [3.05, 3.63) is 12.2 Å². The lowest BCUT2D eigenvalue weighted by Crippen LogP contribution is -2.37. The van der Waals surface area contributed by atoms with Gasteiger partial charge in [-0.15, -0.1) is 0 Å². The number of unbranched alkanes of at least 4 members (excludes halogenated alkanes) is 2. The molecule has 8 nitrogen and oxygen atoms in total. The zero-order valence-corrected chi connectivity index (χ0v) is 14.0. The van der Waals surface area contributed by atoms with E-state index in [4.69, 9.17) is 4.74 Å². The first-order valence-electron chi connectivity index (χ1n) is 8.19. The average molecular weight is 339 g/mol. The number of hydrogen-bond acceptors (Lipinski definition) is 5. The zero-order valence-electron chi connectivity index (χ0n) is 14.0. The Morgan fingerprint density at radius 3 is 2.42 bits per heavy atom. The van der Waals surface area contributed by atoms with Crippen LogP contribution in [-0.2, 0) is 23.9 Å². The van der Waals surface area contributed by atoms with Crippen LogP contribution in [0.3, 0.4) is 0 Å². The maximum Gasteiger partial charge on any atom is 0.253 e. The Morgan fingerprint density at radius 2 is 1.75 bits per heavy atom. The van der Waals surface area contributed by atoms with Crippen LogP contribution in [0.5, 0.6) is 0 Å². The van der Waals surface area contributed by atoms with Gasteiger partial charge in [0, 0.05) is 31.7 Å². The fourth-order valence-corrected chi connectivity index (χ4v) is 2.06. The lowest BCUT2D eigenvalue weighted by molar-refractivity contribution is -0.137. The zero-order chi connectivity index (χ0) is 17.8. The molecule has 0 saturated carbocycles. The number of nitrogens with zero attached hydrogens (tertiary/aromatic N) is 1. The van der Waals surface area contributed by atoms with Gasteiger partial charge in [0.25, 0.3) is 11.8 Å². The summed E-state index contributed by atoms with van der Waals surface area (Å²) in [5.41, 5.74) is 0. The van der Waals surface area contributed by atoms with Gasteiger partial charge in [-0.25, -0.2) is 0 Å². The predicted molar refractivity (Wildman–Crippen MR) is 86.6 cm³/mol. The van der Waals surface area contributed by atoms with Crippen molar-refractivity contribution in [2.75, 3.05) is 26.4 Å². The van der Waals surface area contributed by atoms with Gasteiger partial charge in [-0.1, -0.05) is 13.3 Å². The van der Waals surface area contributed by atoms with Crippen molar-refractivity contribution in [2.24, 2.45) is 0 Å². The van der Waals surface area contributed by atoms with Crippen molar-refractivity contribution >= 4 is 23.6 Å². The molecule has 2 N–H and O–H groups in total. The first-order valence-corrected chi connectivity index (χ1v) is 8.19. The summed E-state index contributed by atoms with van der Waals surface area (Å²) in [4.78, 5) is 46.8. The highest BCUT2D eigenvalue weighted by Gasteiger charge is 2.22. The third-order valence-corrected chi connectivity index (χ3v) is 3.35. The van der Waals surface area contributed by atoms with Crippen molar-refractivity contribution in [1.29, 1.82) is 0 Å². The van der Waals surface area contributed by atoms with Gasteiger partial charge in [-0.3, -0.25) is 24.1 Å². The number of amides is 4. The lowest BCUT2D eigenvalue weighted by Gasteiger charge is -2.13. The molecule has 0 spiro atoms. The molecule has 8 heteroatoms. The fourth-order valence-electron chi connectivity index (χ4n) is 2.06. The second-order valence-electron chi connectivity index (χ2n) is 5.40. The summed E-state index contributed by atoms with van der Waals surface area (Å²) in [5, 5.41) is 5.07. The van der Waals surface area contributed by atoms with Crippen LogP contribution in [0.25, 0.3) is 0 Å². The van der Waals surface area contributed by atoms with Crippen LogP contribution < -0.4 is 10.6 Å². The molecule has 0 radical (unpaired) electrons. The molecule has 1 aliphatic heterocycles. The van der Waals surface area contributed by atoms with Crippen LogP contribution in [0.15, 0.2) is 12.2 Å².